The van der Waals surface area contributed by atoms with Gasteiger partial charge in [0.05, 0.1) is 11.6 Å². The Labute approximate surface area is 172 Å². The molecule has 5 rings (SSSR count). The quantitative estimate of drug-likeness (QED) is 0.449. The second-order valence-electron chi connectivity index (χ2n) is 6.82. The smallest absolute Gasteiger partial charge is 0.251 e. The lowest BCUT2D eigenvalue weighted by molar-refractivity contribution is 0.0951. The maximum Gasteiger partial charge on any atom is 0.251 e. The first kappa shape index (κ1) is 17.9. The standard InChI is InChI=1S/C24H17N3O3/c28-24(26-15-16-10-11-25-21(13-16)22-7-4-12-29-22)18-8-9-20-19(14-18)23(30-27-20)17-5-2-1-3-6-17/h1-14H,15H2,(H,26,28). The zero-order valence-electron chi connectivity index (χ0n) is 15.9. The van der Waals surface area contributed by atoms with Crippen LogP contribution in [0.4, 0.5) is 0 Å². The molecular weight excluding hydrogens is 378 g/mol. The number of aromatic nitrogens is 2. The number of pyridine rings is 1. The van der Waals surface area contributed by atoms with E-state index in [4.69, 9.17) is 8.94 Å². The Morgan fingerprint density at radius 3 is 2.70 bits per heavy atom. The van der Waals surface area contributed by atoms with Crippen molar-refractivity contribution >= 4 is 16.8 Å². The lowest BCUT2D eigenvalue weighted by Crippen LogP contribution is -2.22. The van der Waals surface area contributed by atoms with Gasteiger partial charge in [0.25, 0.3) is 5.91 Å². The lowest BCUT2D eigenvalue weighted by Gasteiger charge is -2.07. The average molecular weight is 395 g/mol. The molecule has 0 radical (unpaired) electrons. The molecule has 1 N–H and O–H groups in total. The van der Waals surface area contributed by atoms with E-state index in [2.05, 4.69) is 15.5 Å². The Kier molecular flexibility index (Phi) is 4.57. The van der Waals surface area contributed by atoms with E-state index in [-0.39, 0.29) is 5.91 Å². The fourth-order valence-corrected chi connectivity index (χ4v) is 3.31. The van der Waals surface area contributed by atoms with Gasteiger partial charge in [-0.15, -0.1) is 0 Å². The number of hydrogen-bond donors (Lipinski definition) is 1. The molecule has 0 saturated heterocycles. The first-order valence-corrected chi connectivity index (χ1v) is 9.50. The molecule has 30 heavy (non-hydrogen) atoms. The van der Waals surface area contributed by atoms with Crippen molar-refractivity contribution in [3.05, 3.63) is 96.4 Å². The van der Waals surface area contributed by atoms with Crippen LogP contribution in [0.2, 0.25) is 0 Å². The summed E-state index contributed by atoms with van der Waals surface area (Å²) in [5, 5.41) is 7.86. The van der Waals surface area contributed by atoms with E-state index >= 15 is 0 Å². The van der Waals surface area contributed by atoms with Crippen molar-refractivity contribution in [3.63, 3.8) is 0 Å². The Hall–Kier alpha value is -4.19. The largest absolute Gasteiger partial charge is 0.463 e. The summed E-state index contributed by atoms with van der Waals surface area (Å²) in [6.45, 7) is 0.377. The fourth-order valence-electron chi connectivity index (χ4n) is 3.31. The van der Waals surface area contributed by atoms with Crippen LogP contribution in [-0.2, 0) is 6.54 Å². The summed E-state index contributed by atoms with van der Waals surface area (Å²) in [5.41, 5.74) is 3.83. The van der Waals surface area contributed by atoms with E-state index in [1.54, 1.807) is 24.6 Å². The third-order valence-electron chi connectivity index (χ3n) is 4.83. The van der Waals surface area contributed by atoms with Gasteiger partial charge in [0, 0.05) is 23.9 Å². The number of fused-ring (bicyclic) bond motifs is 1. The normalized spacial score (nSPS) is 10.9. The molecule has 2 aromatic carbocycles. The zero-order chi connectivity index (χ0) is 20.3. The molecule has 1 amide bonds. The van der Waals surface area contributed by atoms with Crippen LogP contribution in [0.1, 0.15) is 15.9 Å². The van der Waals surface area contributed by atoms with Crippen molar-refractivity contribution < 1.29 is 13.7 Å². The number of carbonyl (C=O) groups excluding carboxylic acids is 1. The molecule has 3 aromatic heterocycles. The van der Waals surface area contributed by atoms with Crippen LogP contribution < -0.4 is 5.32 Å². The van der Waals surface area contributed by atoms with Gasteiger partial charge < -0.3 is 14.3 Å². The maximum atomic E-state index is 12.7. The van der Waals surface area contributed by atoms with Crippen molar-refractivity contribution in [2.24, 2.45) is 0 Å². The molecule has 0 aliphatic heterocycles. The van der Waals surface area contributed by atoms with Crippen molar-refractivity contribution in [2.45, 2.75) is 6.54 Å². The number of rotatable bonds is 5. The fraction of sp³-hybridized carbons (Fsp3) is 0.0417. The molecule has 0 aliphatic rings. The van der Waals surface area contributed by atoms with Crippen molar-refractivity contribution in [1.29, 1.82) is 0 Å². The Balaban J connectivity index is 1.36. The zero-order valence-corrected chi connectivity index (χ0v) is 15.9. The molecule has 6 nitrogen and oxygen atoms in total. The molecule has 6 heteroatoms. The van der Waals surface area contributed by atoms with E-state index in [1.165, 1.54) is 0 Å². The molecule has 0 bridgehead atoms. The third kappa shape index (κ3) is 3.46. The maximum absolute atomic E-state index is 12.7. The molecule has 3 heterocycles. The molecule has 0 spiro atoms. The highest BCUT2D eigenvalue weighted by Gasteiger charge is 2.14. The van der Waals surface area contributed by atoms with Gasteiger partial charge in [-0.05, 0) is 48.0 Å². The van der Waals surface area contributed by atoms with E-state index in [0.29, 0.717) is 29.1 Å². The average Bonchev–Trinajstić information content (AvgIpc) is 3.48. The summed E-state index contributed by atoms with van der Waals surface area (Å²) < 4.78 is 10.9. The minimum atomic E-state index is -0.173. The van der Waals surface area contributed by atoms with Crippen LogP contribution in [0.5, 0.6) is 0 Å². The van der Waals surface area contributed by atoms with Crippen LogP contribution in [0.25, 0.3) is 33.7 Å². The first-order chi connectivity index (χ1) is 14.8. The summed E-state index contributed by atoms with van der Waals surface area (Å²) in [7, 11) is 0. The van der Waals surface area contributed by atoms with E-state index in [9.17, 15) is 4.79 Å². The second-order valence-corrected chi connectivity index (χ2v) is 6.82. The van der Waals surface area contributed by atoms with Crippen molar-refractivity contribution in [2.75, 3.05) is 0 Å². The van der Waals surface area contributed by atoms with Gasteiger partial charge in [-0.2, -0.15) is 0 Å². The van der Waals surface area contributed by atoms with Crippen LogP contribution in [0.15, 0.2) is 94.2 Å². The highest BCUT2D eigenvalue weighted by Crippen LogP contribution is 2.29. The highest BCUT2D eigenvalue weighted by atomic mass is 16.5. The molecule has 5 aromatic rings. The molecule has 0 atom stereocenters. The van der Waals surface area contributed by atoms with Gasteiger partial charge in [-0.1, -0.05) is 35.5 Å². The summed E-state index contributed by atoms with van der Waals surface area (Å²) in [6.07, 6.45) is 3.31. The third-order valence-corrected chi connectivity index (χ3v) is 4.83. The molecular formula is C24H17N3O3. The number of nitrogens with zero attached hydrogens (tertiary/aromatic N) is 2. The van der Waals surface area contributed by atoms with Crippen LogP contribution >= 0.6 is 0 Å². The minimum absolute atomic E-state index is 0.173. The summed E-state index contributed by atoms with van der Waals surface area (Å²) in [6, 6.07) is 22.5. The first-order valence-electron chi connectivity index (χ1n) is 9.50. The van der Waals surface area contributed by atoms with Gasteiger partial charge in [0.15, 0.2) is 11.5 Å². The molecule has 0 unspecified atom stereocenters. The van der Waals surface area contributed by atoms with Gasteiger partial charge in [-0.3, -0.25) is 9.78 Å². The Bertz CT molecular complexity index is 1310. The van der Waals surface area contributed by atoms with Crippen LogP contribution in [0.3, 0.4) is 0 Å². The molecule has 0 aliphatic carbocycles. The van der Waals surface area contributed by atoms with E-state index in [1.807, 2.05) is 60.7 Å². The van der Waals surface area contributed by atoms with Crippen molar-refractivity contribution in [3.8, 4) is 22.8 Å². The predicted molar refractivity (Wildman–Crippen MR) is 113 cm³/mol. The SMILES string of the molecule is O=C(NCc1ccnc(-c2ccco2)c1)c1ccc2noc(-c3ccccc3)c2c1. The minimum Gasteiger partial charge on any atom is -0.463 e. The van der Waals surface area contributed by atoms with Crippen LogP contribution in [0, 0.1) is 0 Å². The number of carbonyl (C=O) groups is 1. The number of benzene rings is 2. The summed E-state index contributed by atoms with van der Waals surface area (Å²) in [5.74, 6) is 1.17. The van der Waals surface area contributed by atoms with Crippen LogP contribution in [-0.4, -0.2) is 16.0 Å². The van der Waals surface area contributed by atoms with Gasteiger partial charge >= 0.3 is 0 Å². The highest BCUT2D eigenvalue weighted by molar-refractivity contribution is 6.00. The Morgan fingerprint density at radius 1 is 0.967 bits per heavy atom. The number of nitrogens with one attached hydrogen (secondary N) is 1. The lowest BCUT2D eigenvalue weighted by atomic mass is 10.1. The molecule has 0 fully saturated rings. The van der Waals surface area contributed by atoms with Crippen molar-refractivity contribution in [1.82, 2.24) is 15.5 Å². The number of amides is 1. The summed E-state index contributed by atoms with van der Waals surface area (Å²) in [4.78, 5) is 17.1. The van der Waals surface area contributed by atoms with Gasteiger partial charge in [0.2, 0.25) is 0 Å². The summed E-state index contributed by atoms with van der Waals surface area (Å²) >= 11 is 0. The topological polar surface area (TPSA) is 81.2 Å². The van der Waals surface area contributed by atoms with E-state index < -0.39 is 0 Å². The number of furan rings is 1. The number of hydrogen-bond acceptors (Lipinski definition) is 5. The monoisotopic (exact) mass is 395 g/mol. The van der Waals surface area contributed by atoms with Gasteiger partial charge in [0.1, 0.15) is 11.2 Å². The predicted octanol–water partition coefficient (Wildman–Crippen LogP) is 5.08. The second kappa shape index (κ2) is 7.67. The molecule has 146 valence electrons. The Morgan fingerprint density at radius 2 is 1.87 bits per heavy atom. The molecule has 0 saturated carbocycles. The van der Waals surface area contributed by atoms with Gasteiger partial charge in [-0.25, -0.2) is 0 Å². The van der Waals surface area contributed by atoms with E-state index in [0.717, 1.165) is 22.2 Å².